The van der Waals surface area contributed by atoms with E-state index in [1.54, 1.807) is 37.4 Å². The van der Waals surface area contributed by atoms with E-state index in [1.807, 2.05) is 6.07 Å². The summed E-state index contributed by atoms with van der Waals surface area (Å²) in [4.78, 5) is 12.3. The number of ether oxygens (including phenoxy) is 1. The van der Waals surface area contributed by atoms with Crippen molar-refractivity contribution in [1.82, 2.24) is 0 Å². The van der Waals surface area contributed by atoms with E-state index in [4.69, 9.17) is 10.5 Å². The average Bonchev–Trinajstić information content (AvgIpc) is 2.41. The number of rotatable bonds is 3. The lowest BCUT2D eigenvalue weighted by atomic mass is 10.2. The number of benzene rings is 2. The number of nitrogen functional groups attached to an aromatic ring is 1. The summed E-state index contributed by atoms with van der Waals surface area (Å²) in [5.74, 6) is 0.321. The Hall–Kier alpha value is -1.53. The number of carbonyl (C=O) groups excluding carboxylic acids is 1. The number of amides is 1. The van der Waals surface area contributed by atoms with Crippen LogP contribution in [0.15, 0.2) is 45.3 Å². The number of hydrogen-bond acceptors (Lipinski definition) is 3. The van der Waals surface area contributed by atoms with Crippen LogP contribution in [0.4, 0.5) is 11.4 Å². The SMILES string of the molecule is COc1ccc(Br)cc1NC(=O)c1cc(N)ccc1Br. The summed E-state index contributed by atoms with van der Waals surface area (Å²) in [7, 11) is 1.55. The molecule has 104 valence electrons. The summed E-state index contributed by atoms with van der Waals surface area (Å²) in [6.45, 7) is 0. The molecule has 0 atom stereocenters. The third-order valence-corrected chi connectivity index (χ3v) is 3.83. The largest absolute Gasteiger partial charge is 0.495 e. The van der Waals surface area contributed by atoms with Crippen LogP contribution in [0.2, 0.25) is 0 Å². The number of nitrogens with one attached hydrogen (secondary N) is 1. The van der Waals surface area contributed by atoms with Crippen molar-refractivity contribution in [1.29, 1.82) is 0 Å². The van der Waals surface area contributed by atoms with E-state index in [2.05, 4.69) is 37.2 Å². The minimum atomic E-state index is -0.263. The fourth-order valence-corrected chi connectivity index (χ4v) is 2.47. The van der Waals surface area contributed by atoms with Gasteiger partial charge in [-0.15, -0.1) is 0 Å². The van der Waals surface area contributed by atoms with E-state index in [0.717, 1.165) is 4.47 Å². The number of methoxy groups -OCH3 is 1. The Morgan fingerprint density at radius 3 is 2.65 bits per heavy atom. The highest BCUT2D eigenvalue weighted by Gasteiger charge is 2.13. The molecule has 0 aliphatic carbocycles. The lowest BCUT2D eigenvalue weighted by molar-refractivity contribution is 0.102. The summed E-state index contributed by atoms with van der Waals surface area (Å²) < 4.78 is 6.75. The van der Waals surface area contributed by atoms with Gasteiger partial charge in [-0.05, 0) is 52.3 Å². The first-order valence-corrected chi connectivity index (χ1v) is 7.30. The maximum absolute atomic E-state index is 12.3. The van der Waals surface area contributed by atoms with Gasteiger partial charge < -0.3 is 15.8 Å². The van der Waals surface area contributed by atoms with Gasteiger partial charge in [-0.1, -0.05) is 15.9 Å². The number of carbonyl (C=O) groups is 1. The van der Waals surface area contributed by atoms with E-state index in [0.29, 0.717) is 27.2 Å². The van der Waals surface area contributed by atoms with E-state index in [1.165, 1.54) is 0 Å². The minimum Gasteiger partial charge on any atom is -0.495 e. The monoisotopic (exact) mass is 398 g/mol. The van der Waals surface area contributed by atoms with Crippen LogP contribution in [0, 0.1) is 0 Å². The average molecular weight is 400 g/mol. The molecule has 0 saturated heterocycles. The first-order chi connectivity index (χ1) is 9.51. The molecule has 0 spiro atoms. The highest BCUT2D eigenvalue weighted by molar-refractivity contribution is 9.10. The van der Waals surface area contributed by atoms with E-state index < -0.39 is 0 Å². The normalized spacial score (nSPS) is 10.2. The zero-order chi connectivity index (χ0) is 14.7. The number of halogens is 2. The van der Waals surface area contributed by atoms with Crippen LogP contribution < -0.4 is 15.8 Å². The summed E-state index contributed by atoms with van der Waals surface area (Å²) in [5, 5.41) is 2.81. The van der Waals surface area contributed by atoms with Crippen LogP contribution in [-0.4, -0.2) is 13.0 Å². The molecule has 0 bridgehead atoms. The molecule has 0 heterocycles. The lowest BCUT2D eigenvalue weighted by Gasteiger charge is -2.11. The predicted octanol–water partition coefficient (Wildman–Crippen LogP) is 4.05. The highest BCUT2D eigenvalue weighted by Crippen LogP contribution is 2.29. The van der Waals surface area contributed by atoms with Crippen molar-refractivity contribution in [3.63, 3.8) is 0 Å². The number of hydrogen-bond donors (Lipinski definition) is 2. The Labute approximate surface area is 133 Å². The molecule has 1 amide bonds. The van der Waals surface area contributed by atoms with Crippen LogP contribution in [0.3, 0.4) is 0 Å². The van der Waals surface area contributed by atoms with Gasteiger partial charge in [0, 0.05) is 14.6 Å². The topological polar surface area (TPSA) is 64.3 Å². The first-order valence-electron chi connectivity index (χ1n) is 5.71. The molecule has 4 nitrogen and oxygen atoms in total. The van der Waals surface area contributed by atoms with Crippen LogP contribution in [0.25, 0.3) is 0 Å². The van der Waals surface area contributed by atoms with E-state index in [9.17, 15) is 4.79 Å². The summed E-state index contributed by atoms with van der Waals surface area (Å²) in [6, 6.07) is 10.5. The molecule has 0 aliphatic rings. The maximum atomic E-state index is 12.3. The Morgan fingerprint density at radius 1 is 1.20 bits per heavy atom. The van der Waals surface area contributed by atoms with Crippen molar-refractivity contribution in [3.05, 3.63) is 50.9 Å². The molecule has 3 N–H and O–H groups in total. The molecule has 20 heavy (non-hydrogen) atoms. The molecule has 0 unspecified atom stereocenters. The number of nitrogens with two attached hydrogens (primary N) is 1. The third-order valence-electron chi connectivity index (χ3n) is 2.64. The molecule has 0 aliphatic heterocycles. The predicted molar refractivity (Wildman–Crippen MR) is 87.2 cm³/mol. The Bertz CT molecular complexity index is 660. The molecular weight excluding hydrogens is 388 g/mol. The zero-order valence-electron chi connectivity index (χ0n) is 10.6. The second kappa shape index (κ2) is 6.28. The van der Waals surface area contributed by atoms with Gasteiger partial charge in [0.1, 0.15) is 5.75 Å². The Kier molecular flexibility index (Phi) is 4.67. The molecule has 0 fully saturated rings. The van der Waals surface area contributed by atoms with Gasteiger partial charge in [-0.25, -0.2) is 0 Å². The Morgan fingerprint density at radius 2 is 1.95 bits per heavy atom. The van der Waals surface area contributed by atoms with Crippen LogP contribution in [0.5, 0.6) is 5.75 Å². The molecule has 0 radical (unpaired) electrons. The van der Waals surface area contributed by atoms with Crippen molar-refractivity contribution < 1.29 is 9.53 Å². The van der Waals surface area contributed by atoms with Crippen LogP contribution in [0.1, 0.15) is 10.4 Å². The second-order valence-electron chi connectivity index (χ2n) is 4.04. The minimum absolute atomic E-state index is 0.263. The molecule has 6 heteroatoms. The third kappa shape index (κ3) is 3.32. The van der Waals surface area contributed by atoms with Crippen LogP contribution in [-0.2, 0) is 0 Å². The van der Waals surface area contributed by atoms with E-state index in [-0.39, 0.29) is 5.91 Å². The highest BCUT2D eigenvalue weighted by atomic mass is 79.9. The van der Waals surface area contributed by atoms with Crippen LogP contribution >= 0.6 is 31.9 Å². The smallest absolute Gasteiger partial charge is 0.256 e. The molecular formula is C14H12Br2N2O2. The molecule has 2 aromatic carbocycles. The van der Waals surface area contributed by atoms with Gasteiger partial charge in [0.25, 0.3) is 5.91 Å². The number of anilines is 2. The van der Waals surface area contributed by atoms with Gasteiger partial charge in [-0.2, -0.15) is 0 Å². The summed E-state index contributed by atoms with van der Waals surface area (Å²) in [5.41, 5.74) is 7.28. The fourth-order valence-electron chi connectivity index (χ4n) is 1.68. The van der Waals surface area contributed by atoms with Gasteiger partial charge in [0.05, 0.1) is 18.4 Å². The summed E-state index contributed by atoms with van der Waals surface area (Å²) >= 11 is 6.70. The quantitative estimate of drug-likeness (QED) is 0.765. The summed E-state index contributed by atoms with van der Waals surface area (Å²) in [6.07, 6.45) is 0. The van der Waals surface area contributed by atoms with Gasteiger partial charge in [0.15, 0.2) is 0 Å². The first kappa shape index (κ1) is 14.9. The molecule has 2 aromatic rings. The molecule has 0 aromatic heterocycles. The molecule has 2 rings (SSSR count). The zero-order valence-corrected chi connectivity index (χ0v) is 13.8. The standard InChI is InChI=1S/C14H12Br2N2O2/c1-20-13-5-2-8(15)6-12(13)18-14(19)10-7-9(17)3-4-11(10)16/h2-7H,17H2,1H3,(H,18,19). The molecule has 0 saturated carbocycles. The van der Waals surface area contributed by atoms with Crippen molar-refractivity contribution in [2.75, 3.05) is 18.2 Å². The second-order valence-corrected chi connectivity index (χ2v) is 5.81. The van der Waals surface area contributed by atoms with Crippen molar-refractivity contribution in [2.24, 2.45) is 0 Å². The van der Waals surface area contributed by atoms with E-state index >= 15 is 0 Å². The van der Waals surface area contributed by atoms with Crippen molar-refractivity contribution in [3.8, 4) is 5.75 Å². The lowest BCUT2D eigenvalue weighted by Crippen LogP contribution is -2.13. The van der Waals surface area contributed by atoms with Gasteiger partial charge in [-0.3, -0.25) is 4.79 Å². The van der Waals surface area contributed by atoms with Crippen molar-refractivity contribution >= 4 is 49.1 Å². The van der Waals surface area contributed by atoms with Crippen molar-refractivity contribution in [2.45, 2.75) is 0 Å². The maximum Gasteiger partial charge on any atom is 0.256 e. The Balaban J connectivity index is 2.32. The fraction of sp³-hybridized carbons (Fsp3) is 0.0714. The van der Waals surface area contributed by atoms with Gasteiger partial charge >= 0.3 is 0 Å². The van der Waals surface area contributed by atoms with Gasteiger partial charge in [0.2, 0.25) is 0 Å².